The van der Waals surface area contributed by atoms with Gasteiger partial charge in [-0.05, 0) is 49.2 Å². The Morgan fingerprint density at radius 2 is 1.83 bits per heavy atom. The first-order valence-corrected chi connectivity index (χ1v) is 7.66. The summed E-state index contributed by atoms with van der Waals surface area (Å²) in [4.78, 5) is 12.1. The molecule has 6 heteroatoms. The van der Waals surface area contributed by atoms with Crippen molar-refractivity contribution in [1.29, 1.82) is 5.26 Å². The minimum Gasteiger partial charge on any atom is -0.348 e. The zero-order valence-corrected chi connectivity index (χ0v) is 12.6. The zero-order chi connectivity index (χ0) is 16.1. The molecule has 3 rings (SSSR count). The molecule has 0 spiro atoms. The number of hydrogen-bond acceptors (Lipinski definition) is 5. The lowest BCUT2D eigenvalue weighted by molar-refractivity contribution is 0.0932. The van der Waals surface area contributed by atoms with Gasteiger partial charge in [-0.3, -0.25) is 4.79 Å². The number of benzene rings is 1. The number of nitrogens with zero attached hydrogens (tertiary/aromatic N) is 3. The first kappa shape index (κ1) is 15.0. The Morgan fingerprint density at radius 1 is 1.09 bits per heavy atom. The number of amides is 1. The van der Waals surface area contributed by atoms with E-state index in [1.165, 1.54) is 12.8 Å². The number of aromatic nitrogens is 2. The largest absolute Gasteiger partial charge is 0.348 e. The van der Waals surface area contributed by atoms with Gasteiger partial charge in [0.15, 0.2) is 11.5 Å². The van der Waals surface area contributed by atoms with Crippen molar-refractivity contribution in [2.24, 2.45) is 0 Å². The zero-order valence-electron chi connectivity index (χ0n) is 12.6. The number of carbonyl (C=O) groups excluding carboxylic acids is 1. The van der Waals surface area contributed by atoms with E-state index in [2.05, 4.69) is 26.9 Å². The van der Waals surface area contributed by atoms with Crippen LogP contribution < -0.4 is 10.6 Å². The molecule has 23 heavy (non-hydrogen) atoms. The lowest BCUT2D eigenvalue weighted by Gasteiger charge is -2.11. The van der Waals surface area contributed by atoms with E-state index in [1.54, 1.807) is 36.4 Å². The molecule has 116 valence electrons. The molecule has 1 amide bonds. The normalized spacial score (nSPS) is 14.2. The average molecular weight is 307 g/mol. The van der Waals surface area contributed by atoms with E-state index >= 15 is 0 Å². The van der Waals surface area contributed by atoms with E-state index in [1.807, 2.05) is 0 Å². The molecule has 2 aromatic rings. The van der Waals surface area contributed by atoms with Crippen LogP contribution in [0.3, 0.4) is 0 Å². The Bertz CT molecular complexity index is 712. The van der Waals surface area contributed by atoms with Crippen molar-refractivity contribution in [2.75, 3.05) is 5.32 Å². The molecule has 1 aromatic heterocycles. The summed E-state index contributed by atoms with van der Waals surface area (Å²) in [6, 6.07) is 12.7. The van der Waals surface area contributed by atoms with Gasteiger partial charge in [-0.25, -0.2) is 0 Å². The fraction of sp³-hybridized carbons (Fsp3) is 0.294. The second kappa shape index (κ2) is 6.88. The summed E-state index contributed by atoms with van der Waals surface area (Å²) >= 11 is 0. The lowest BCUT2D eigenvalue weighted by Crippen LogP contribution is -2.33. The summed E-state index contributed by atoms with van der Waals surface area (Å²) in [5.41, 5.74) is 1.73. The molecular formula is C17H17N5O. The molecule has 0 unspecified atom stereocenters. The van der Waals surface area contributed by atoms with Crippen molar-refractivity contribution in [2.45, 2.75) is 31.7 Å². The van der Waals surface area contributed by atoms with E-state index in [0.717, 1.165) is 18.5 Å². The highest BCUT2D eigenvalue weighted by Gasteiger charge is 2.18. The van der Waals surface area contributed by atoms with Gasteiger partial charge < -0.3 is 10.6 Å². The van der Waals surface area contributed by atoms with Crippen LogP contribution in [0.2, 0.25) is 0 Å². The highest BCUT2D eigenvalue weighted by molar-refractivity contribution is 5.92. The lowest BCUT2D eigenvalue weighted by atomic mass is 10.2. The van der Waals surface area contributed by atoms with Crippen LogP contribution in [0, 0.1) is 11.3 Å². The third-order valence-corrected chi connectivity index (χ3v) is 3.87. The van der Waals surface area contributed by atoms with Crippen molar-refractivity contribution in [3.8, 4) is 6.07 Å². The summed E-state index contributed by atoms with van der Waals surface area (Å²) in [6.07, 6.45) is 4.42. The maximum atomic E-state index is 12.1. The van der Waals surface area contributed by atoms with Crippen LogP contribution in [0.5, 0.6) is 0 Å². The number of nitrogens with one attached hydrogen (secondary N) is 2. The monoisotopic (exact) mass is 307 g/mol. The van der Waals surface area contributed by atoms with E-state index in [0.29, 0.717) is 17.1 Å². The molecule has 1 aliphatic carbocycles. The first-order valence-electron chi connectivity index (χ1n) is 7.66. The Labute approximate surface area is 134 Å². The van der Waals surface area contributed by atoms with E-state index in [-0.39, 0.29) is 11.9 Å². The number of nitriles is 1. The highest BCUT2D eigenvalue weighted by atomic mass is 16.2. The number of carbonyl (C=O) groups is 1. The first-order chi connectivity index (χ1) is 11.2. The van der Waals surface area contributed by atoms with Gasteiger partial charge in [0.1, 0.15) is 0 Å². The summed E-state index contributed by atoms with van der Waals surface area (Å²) in [5, 5.41) is 22.8. The minimum absolute atomic E-state index is 0.172. The Balaban J connectivity index is 1.61. The fourth-order valence-corrected chi connectivity index (χ4v) is 2.63. The summed E-state index contributed by atoms with van der Waals surface area (Å²) < 4.78 is 0. The molecule has 0 atom stereocenters. The summed E-state index contributed by atoms with van der Waals surface area (Å²) in [7, 11) is 0. The minimum atomic E-state index is -0.172. The van der Waals surface area contributed by atoms with Crippen molar-refractivity contribution >= 4 is 17.4 Å². The third kappa shape index (κ3) is 3.83. The second-order valence-corrected chi connectivity index (χ2v) is 5.57. The maximum absolute atomic E-state index is 12.1. The van der Waals surface area contributed by atoms with Gasteiger partial charge in [-0.1, -0.05) is 12.8 Å². The maximum Gasteiger partial charge on any atom is 0.272 e. The molecule has 1 aliphatic rings. The molecule has 1 heterocycles. The molecule has 1 aromatic carbocycles. The van der Waals surface area contributed by atoms with E-state index in [9.17, 15) is 4.79 Å². The average Bonchev–Trinajstić information content (AvgIpc) is 3.09. The molecule has 0 aliphatic heterocycles. The molecule has 0 saturated heterocycles. The van der Waals surface area contributed by atoms with Gasteiger partial charge in [0.25, 0.3) is 5.91 Å². The summed E-state index contributed by atoms with van der Waals surface area (Å²) in [5.74, 6) is 0.376. The van der Waals surface area contributed by atoms with Crippen molar-refractivity contribution in [3.63, 3.8) is 0 Å². The van der Waals surface area contributed by atoms with Gasteiger partial charge in [0, 0.05) is 11.7 Å². The highest BCUT2D eigenvalue weighted by Crippen LogP contribution is 2.18. The molecular weight excluding hydrogens is 290 g/mol. The van der Waals surface area contributed by atoms with Gasteiger partial charge in [-0.15, -0.1) is 10.2 Å². The topological polar surface area (TPSA) is 90.7 Å². The number of anilines is 2. The molecule has 0 radical (unpaired) electrons. The van der Waals surface area contributed by atoms with Crippen molar-refractivity contribution in [1.82, 2.24) is 15.5 Å². The Morgan fingerprint density at radius 3 is 2.43 bits per heavy atom. The van der Waals surface area contributed by atoms with Crippen molar-refractivity contribution in [3.05, 3.63) is 47.7 Å². The second-order valence-electron chi connectivity index (χ2n) is 5.57. The van der Waals surface area contributed by atoms with Crippen LogP contribution in [0.25, 0.3) is 0 Å². The van der Waals surface area contributed by atoms with Crippen molar-refractivity contribution < 1.29 is 4.79 Å². The third-order valence-electron chi connectivity index (χ3n) is 3.87. The smallest absolute Gasteiger partial charge is 0.272 e. The van der Waals surface area contributed by atoms with Crippen LogP contribution in [-0.2, 0) is 0 Å². The predicted octanol–water partition coefficient (Wildman–Crippen LogP) is 2.76. The van der Waals surface area contributed by atoms with Gasteiger partial charge in [0.05, 0.1) is 11.6 Å². The quantitative estimate of drug-likeness (QED) is 0.906. The molecule has 2 N–H and O–H groups in total. The van der Waals surface area contributed by atoms with Crippen LogP contribution in [0.1, 0.15) is 41.7 Å². The van der Waals surface area contributed by atoms with Gasteiger partial charge in [0.2, 0.25) is 0 Å². The van der Waals surface area contributed by atoms with E-state index < -0.39 is 0 Å². The molecule has 1 saturated carbocycles. The number of rotatable bonds is 4. The van der Waals surface area contributed by atoms with Crippen LogP contribution in [-0.4, -0.2) is 22.1 Å². The summed E-state index contributed by atoms with van der Waals surface area (Å²) in [6.45, 7) is 0. The predicted molar refractivity (Wildman–Crippen MR) is 86.2 cm³/mol. The molecule has 1 fully saturated rings. The Kier molecular flexibility index (Phi) is 4.48. The standard InChI is InChI=1S/C17H17N5O/c18-11-12-5-7-14(8-6-12)19-16-10-9-15(21-22-16)17(23)20-13-3-1-2-4-13/h5-10,13H,1-4H2,(H,19,22)(H,20,23). The fourth-order valence-electron chi connectivity index (χ4n) is 2.63. The van der Waals surface area contributed by atoms with Crippen LogP contribution in [0.4, 0.5) is 11.5 Å². The molecule has 0 bridgehead atoms. The van der Waals surface area contributed by atoms with Gasteiger partial charge in [-0.2, -0.15) is 5.26 Å². The Hall–Kier alpha value is -2.94. The van der Waals surface area contributed by atoms with Crippen LogP contribution >= 0.6 is 0 Å². The number of hydrogen-bond donors (Lipinski definition) is 2. The SMILES string of the molecule is N#Cc1ccc(Nc2ccc(C(=O)NC3CCCC3)nn2)cc1. The van der Waals surface area contributed by atoms with Crippen LogP contribution in [0.15, 0.2) is 36.4 Å². The van der Waals surface area contributed by atoms with Gasteiger partial charge >= 0.3 is 0 Å². The molecule has 6 nitrogen and oxygen atoms in total. The van der Waals surface area contributed by atoms with E-state index in [4.69, 9.17) is 5.26 Å².